The Balaban J connectivity index is 2.75. The lowest BCUT2D eigenvalue weighted by Gasteiger charge is -2.05. The SMILES string of the molecule is CCC(O)c1c[c]ccc1. The molecule has 0 aliphatic rings. The Kier molecular flexibility index (Phi) is 2.46. The number of aliphatic hydroxyl groups is 1. The van der Waals surface area contributed by atoms with Crippen molar-refractivity contribution in [2.75, 3.05) is 0 Å². The molecule has 0 aromatic heterocycles. The van der Waals surface area contributed by atoms with E-state index in [1.807, 2.05) is 31.2 Å². The smallest absolute Gasteiger partial charge is 0.0787 e. The minimum atomic E-state index is -0.322. The van der Waals surface area contributed by atoms with Crippen molar-refractivity contribution in [1.29, 1.82) is 0 Å². The van der Waals surface area contributed by atoms with Crippen molar-refractivity contribution < 1.29 is 5.11 Å². The molecule has 0 saturated carbocycles. The topological polar surface area (TPSA) is 20.2 Å². The van der Waals surface area contributed by atoms with E-state index < -0.39 is 0 Å². The summed E-state index contributed by atoms with van der Waals surface area (Å²) in [5, 5.41) is 9.31. The molecule has 0 saturated heterocycles. The molecular weight excluding hydrogens is 124 g/mol. The summed E-state index contributed by atoms with van der Waals surface area (Å²) in [6, 6.07) is 10.3. The van der Waals surface area contributed by atoms with E-state index in [1.54, 1.807) is 0 Å². The first-order valence-corrected chi connectivity index (χ1v) is 3.48. The Morgan fingerprint density at radius 2 is 2.50 bits per heavy atom. The number of rotatable bonds is 2. The summed E-state index contributed by atoms with van der Waals surface area (Å²) in [5.41, 5.74) is 0.949. The molecular formula is C9H11O. The molecule has 0 fully saturated rings. The second-order valence-corrected chi connectivity index (χ2v) is 2.26. The summed E-state index contributed by atoms with van der Waals surface area (Å²) in [4.78, 5) is 0. The van der Waals surface area contributed by atoms with Gasteiger partial charge < -0.3 is 5.11 Å². The Morgan fingerprint density at radius 1 is 1.70 bits per heavy atom. The van der Waals surface area contributed by atoms with Crippen molar-refractivity contribution in [1.82, 2.24) is 0 Å². The lowest BCUT2D eigenvalue weighted by Crippen LogP contribution is -1.93. The molecule has 1 rings (SSSR count). The Hall–Kier alpha value is -0.820. The molecule has 0 bridgehead atoms. The monoisotopic (exact) mass is 135 g/mol. The molecule has 1 N–H and O–H groups in total. The first-order chi connectivity index (χ1) is 4.84. The van der Waals surface area contributed by atoms with Gasteiger partial charge in [0.2, 0.25) is 0 Å². The van der Waals surface area contributed by atoms with Gasteiger partial charge in [0.1, 0.15) is 0 Å². The molecule has 0 spiro atoms. The molecule has 0 amide bonds. The Labute approximate surface area is 61.3 Å². The number of benzene rings is 1. The molecule has 1 nitrogen and oxygen atoms in total. The van der Waals surface area contributed by atoms with Crippen LogP contribution >= 0.6 is 0 Å². The highest BCUT2D eigenvalue weighted by atomic mass is 16.3. The molecule has 0 aliphatic heterocycles. The first-order valence-electron chi connectivity index (χ1n) is 3.48. The maximum Gasteiger partial charge on any atom is 0.0787 e. The van der Waals surface area contributed by atoms with Gasteiger partial charge in [-0.05, 0) is 24.1 Å². The van der Waals surface area contributed by atoms with Gasteiger partial charge in [-0.2, -0.15) is 0 Å². The first kappa shape index (κ1) is 7.29. The summed E-state index contributed by atoms with van der Waals surface area (Å²) in [6.07, 6.45) is 0.440. The molecule has 0 aliphatic carbocycles. The zero-order chi connectivity index (χ0) is 7.40. The van der Waals surface area contributed by atoms with Crippen LogP contribution in [-0.2, 0) is 0 Å². The van der Waals surface area contributed by atoms with Crippen LogP contribution in [0.4, 0.5) is 0 Å². The van der Waals surface area contributed by atoms with E-state index in [0.717, 1.165) is 12.0 Å². The van der Waals surface area contributed by atoms with Crippen LogP contribution in [0.1, 0.15) is 25.0 Å². The summed E-state index contributed by atoms with van der Waals surface area (Å²) in [6.45, 7) is 1.96. The largest absolute Gasteiger partial charge is 0.388 e. The third kappa shape index (κ3) is 1.58. The Morgan fingerprint density at radius 3 is 3.00 bits per heavy atom. The van der Waals surface area contributed by atoms with Gasteiger partial charge in [-0.3, -0.25) is 0 Å². The van der Waals surface area contributed by atoms with E-state index in [0.29, 0.717) is 0 Å². The molecule has 1 radical (unpaired) electrons. The Bertz CT molecular complexity index is 181. The average molecular weight is 135 g/mol. The van der Waals surface area contributed by atoms with Gasteiger partial charge in [0.15, 0.2) is 0 Å². The van der Waals surface area contributed by atoms with Crippen molar-refractivity contribution in [2.45, 2.75) is 19.4 Å². The quantitative estimate of drug-likeness (QED) is 0.657. The molecule has 1 unspecified atom stereocenters. The minimum absolute atomic E-state index is 0.322. The molecule has 0 heterocycles. The summed E-state index contributed by atoms with van der Waals surface area (Å²) in [7, 11) is 0. The molecule has 1 heteroatoms. The molecule has 1 aromatic carbocycles. The number of hydrogen-bond acceptors (Lipinski definition) is 1. The van der Waals surface area contributed by atoms with Crippen LogP contribution in [0.15, 0.2) is 24.3 Å². The third-order valence-electron chi connectivity index (χ3n) is 1.50. The van der Waals surface area contributed by atoms with Crippen molar-refractivity contribution in [3.8, 4) is 0 Å². The zero-order valence-electron chi connectivity index (χ0n) is 6.04. The molecule has 10 heavy (non-hydrogen) atoms. The van der Waals surface area contributed by atoms with Crippen LogP contribution < -0.4 is 0 Å². The summed E-state index contributed by atoms with van der Waals surface area (Å²) >= 11 is 0. The predicted octanol–water partition coefficient (Wildman–Crippen LogP) is 1.93. The van der Waals surface area contributed by atoms with E-state index in [9.17, 15) is 5.11 Å². The van der Waals surface area contributed by atoms with Crippen LogP contribution in [-0.4, -0.2) is 5.11 Å². The third-order valence-corrected chi connectivity index (χ3v) is 1.50. The van der Waals surface area contributed by atoms with Gasteiger partial charge >= 0.3 is 0 Å². The van der Waals surface area contributed by atoms with E-state index >= 15 is 0 Å². The van der Waals surface area contributed by atoms with Crippen LogP contribution in [0.25, 0.3) is 0 Å². The second kappa shape index (κ2) is 3.37. The highest BCUT2D eigenvalue weighted by Gasteiger charge is 2.00. The van der Waals surface area contributed by atoms with E-state index in [-0.39, 0.29) is 6.10 Å². The minimum Gasteiger partial charge on any atom is -0.388 e. The van der Waals surface area contributed by atoms with E-state index in [4.69, 9.17) is 0 Å². The lowest BCUT2D eigenvalue weighted by atomic mass is 10.1. The predicted molar refractivity (Wildman–Crippen MR) is 40.5 cm³/mol. The number of hydrogen-bond donors (Lipinski definition) is 1. The highest BCUT2D eigenvalue weighted by molar-refractivity contribution is 5.15. The van der Waals surface area contributed by atoms with E-state index in [2.05, 4.69) is 6.07 Å². The van der Waals surface area contributed by atoms with Crippen molar-refractivity contribution in [3.63, 3.8) is 0 Å². The van der Waals surface area contributed by atoms with Crippen molar-refractivity contribution >= 4 is 0 Å². The molecule has 1 atom stereocenters. The van der Waals surface area contributed by atoms with Crippen molar-refractivity contribution in [2.24, 2.45) is 0 Å². The highest BCUT2D eigenvalue weighted by Crippen LogP contribution is 2.13. The fourth-order valence-electron chi connectivity index (χ4n) is 0.850. The standard InChI is InChI=1S/C9H11O/c1-2-9(10)8-6-4-3-5-7-8/h3-4,6-7,9-10H,2H2,1H3. The summed E-state index contributed by atoms with van der Waals surface area (Å²) in [5.74, 6) is 0. The normalized spacial score (nSPS) is 13.0. The average Bonchev–Trinajstić information content (AvgIpc) is 2.05. The van der Waals surface area contributed by atoms with Gasteiger partial charge in [-0.1, -0.05) is 25.1 Å². The summed E-state index contributed by atoms with van der Waals surface area (Å²) < 4.78 is 0. The fourth-order valence-corrected chi connectivity index (χ4v) is 0.850. The maximum absolute atomic E-state index is 9.31. The van der Waals surface area contributed by atoms with Gasteiger partial charge in [-0.25, -0.2) is 0 Å². The van der Waals surface area contributed by atoms with E-state index in [1.165, 1.54) is 0 Å². The lowest BCUT2D eigenvalue weighted by molar-refractivity contribution is 0.173. The van der Waals surface area contributed by atoms with Crippen molar-refractivity contribution in [3.05, 3.63) is 35.9 Å². The zero-order valence-corrected chi connectivity index (χ0v) is 6.04. The van der Waals surface area contributed by atoms with Gasteiger partial charge in [0.25, 0.3) is 0 Å². The molecule has 1 aromatic rings. The van der Waals surface area contributed by atoms with Crippen LogP contribution in [0.2, 0.25) is 0 Å². The fraction of sp³-hybridized carbons (Fsp3) is 0.333. The second-order valence-electron chi connectivity index (χ2n) is 2.26. The number of aliphatic hydroxyl groups excluding tert-OH is 1. The van der Waals surface area contributed by atoms with Crippen LogP contribution in [0.3, 0.4) is 0 Å². The maximum atomic E-state index is 9.31. The molecule has 53 valence electrons. The van der Waals surface area contributed by atoms with Crippen LogP contribution in [0, 0.1) is 6.07 Å². The van der Waals surface area contributed by atoms with Gasteiger partial charge in [0, 0.05) is 0 Å². The van der Waals surface area contributed by atoms with Gasteiger partial charge in [0.05, 0.1) is 6.10 Å². The van der Waals surface area contributed by atoms with Gasteiger partial charge in [-0.15, -0.1) is 0 Å². The van der Waals surface area contributed by atoms with Crippen LogP contribution in [0.5, 0.6) is 0 Å².